The number of imidazole rings is 1. The number of hydrogen-bond acceptors (Lipinski definition) is 6. The van der Waals surface area contributed by atoms with E-state index in [4.69, 9.17) is 22.3 Å². The van der Waals surface area contributed by atoms with Gasteiger partial charge in [0.15, 0.2) is 5.82 Å². The number of aromatic nitrogens is 3. The fourth-order valence-electron chi connectivity index (χ4n) is 1.93. The second-order valence-electron chi connectivity index (χ2n) is 5.43. The Balaban J connectivity index is 2.25. The van der Waals surface area contributed by atoms with Crippen molar-refractivity contribution in [2.24, 2.45) is 0 Å². The van der Waals surface area contributed by atoms with Crippen molar-refractivity contribution in [3.8, 4) is 6.07 Å². The van der Waals surface area contributed by atoms with Crippen LogP contribution in [0.4, 0.5) is 19.0 Å². The van der Waals surface area contributed by atoms with Gasteiger partial charge < -0.3 is 15.6 Å². The first-order valence-corrected chi connectivity index (χ1v) is 8.01. The highest BCUT2D eigenvalue weighted by Gasteiger charge is 2.37. The van der Waals surface area contributed by atoms with Gasteiger partial charge in [-0.15, -0.1) is 0 Å². The molecule has 4 N–H and O–H groups in total. The lowest BCUT2D eigenvalue weighted by Crippen LogP contribution is -2.43. The minimum Gasteiger partial charge on any atom is -0.339 e. The molecule has 0 radical (unpaired) electrons. The van der Waals surface area contributed by atoms with Crippen molar-refractivity contribution < 1.29 is 18.0 Å². The summed E-state index contributed by atoms with van der Waals surface area (Å²) in [5.41, 5.74) is 0.0693. The monoisotopic (exact) mass is 411 g/mol. The van der Waals surface area contributed by atoms with Gasteiger partial charge in [0.2, 0.25) is 0 Å². The number of rotatable bonds is 6. The van der Waals surface area contributed by atoms with Crippen LogP contribution in [0.5, 0.6) is 0 Å². The average Bonchev–Trinajstić information content (AvgIpc) is 3.09. The number of carbonyl (C=O) groups is 1. The van der Waals surface area contributed by atoms with Gasteiger partial charge in [-0.25, -0.2) is 9.97 Å². The molecule has 0 aliphatic carbocycles. The summed E-state index contributed by atoms with van der Waals surface area (Å²) in [4.78, 5) is 22.6. The molecule has 2 aromatic rings. The number of aromatic amines is 1. The summed E-state index contributed by atoms with van der Waals surface area (Å²) in [5, 5.41) is 20.5. The van der Waals surface area contributed by atoms with Crippen LogP contribution >= 0.6 is 11.6 Å². The van der Waals surface area contributed by atoms with E-state index in [0.717, 1.165) is 6.92 Å². The lowest BCUT2D eigenvalue weighted by Gasteiger charge is -2.17. The molecule has 8 nitrogen and oxygen atoms in total. The van der Waals surface area contributed by atoms with E-state index in [1.807, 2.05) is 11.4 Å². The van der Waals surface area contributed by atoms with Crippen LogP contribution in [-0.4, -0.2) is 38.2 Å². The van der Waals surface area contributed by atoms with Crippen molar-refractivity contribution in [1.29, 1.82) is 10.7 Å². The number of carbonyl (C=O) groups excluding carboxylic acids is 1. The number of halogens is 4. The third-order valence-electron chi connectivity index (χ3n) is 3.31. The molecular weight excluding hydrogens is 399 g/mol. The van der Waals surface area contributed by atoms with Crippen LogP contribution in [0.2, 0.25) is 0 Å². The molecule has 12 heteroatoms. The van der Waals surface area contributed by atoms with E-state index < -0.39 is 18.1 Å². The lowest BCUT2D eigenvalue weighted by atomic mass is 10.2. The largest absolute Gasteiger partial charge is 0.408 e. The maximum absolute atomic E-state index is 12.6. The summed E-state index contributed by atoms with van der Waals surface area (Å²) in [7, 11) is 0. The highest BCUT2D eigenvalue weighted by atomic mass is 35.5. The molecular formula is C16H13ClF3N7O. The molecule has 2 heterocycles. The first kappa shape index (κ1) is 20.9. The highest BCUT2D eigenvalue weighted by molar-refractivity contribution is 6.68. The zero-order valence-electron chi connectivity index (χ0n) is 14.2. The van der Waals surface area contributed by atoms with Crippen molar-refractivity contribution in [2.75, 3.05) is 5.32 Å². The zero-order valence-corrected chi connectivity index (χ0v) is 15.0. The third kappa shape index (κ3) is 5.55. The Morgan fingerprint density at radius 3 is 2.75 bits per heavy atom. The standard InChI is InChI=1S/C16H13ClF3N7O/c1-8(16(18,19)20)24-15(28)10-3-2-4-13(26-10)27-11(5-12(17)22)14-23-7-9(6-21)25-14/h2-5,7-8,22H,1H3,(H,23,25)(H,24,28)(H,26,27)/b11-5+,22-12?/t8-/m1/s1. The minimum absolute atomic E-state index is 0.0892. The number of amides is 1. The summed E-state index contributed by atoms with van der Waals surface area (Å²) in [6.45, 7) is 0.816. The summed E-state index contributed by atoms with van der Waals surface area (Å²) in [6, 6.07) is 3.92. The molecule has 0 aliphatic rings. The summed E-state index contributed by atoms with van der Waals surface area (Å²) >= 11 is 5.58. The first-order chi connectivity index (χ1) is 13.1. The van der Waals surface area contributed by atoms with Crippen molar-refractivity contribution in [2.45, 2.75) is 19.1 Å². The number of nitrogens with zero attached hydrogens (tertiary/aromatic N) is 3. The van der Waals surface area contributed by atoms with Gasteiger partial charge in [-0.3, -0.25) is 10.2 Å². The minimum atomic E-state index is -4.58. The molecule has 0 spiro atoms. The van der Waals surface area contributed by atoms with Gasteiger partial charge in [-0.2, -0.15) is 18.4 Å². The molecule has 146 valence electrons. The normalized spacial score (nSPS) is 12.8. The second kappa shape index (κ2) is 8.53. The summed E-state index contributed by atoms with van der Waals surface area (Å²) in [5.74, 6) is -0.746. The molecule has 2 rings (SSSR count). The highest BCUT2D eigenvalue weighted by Crippen LogP contribution is 2.20. The molecule has 0 aliphatic heterocycles. The molecule has 1 atom stereocenters. The van der Waals surface area contributed by atoms with Crippen LogP contribution in [0.3, 0.4) is 0 Å². The zero-order chi connectivity index (χ0) is 20.9. The van der Waals surface area contributed by atoms with Crippen molar-refractivity contribution in [1.82, 2.24) is 20.3 Å². The van der Waals surface area contributed by atoms with Crippen molar-refractivity contribution >= 4 is 34.2 Å². The molecule has 0 bridgehead atoms. The topological polar surface area (TPSA) is 130 Å². The second-order valence-corrected chi connectivity index (χ2v) is 5.84. The van der Waals surface area contributed by atoms with Crippen LogP contribution in [0.1, 0.15) is 28.9 Å². The number of pyridine rings is 1. The van der Waals surface area contributed by atoms with Gasteiger partial charge in [-0.1, -0.05) is 17.7 Å². The maximum Gasteiger partial charge on any atom is 0.408 e. The van der Waals surface area contributed by atoms with Crippen LogP contribution in [-0.2, 0) is 0 Å². The Hall–Kier alpha value is -3.39. The molecule has 0 saturated carbocycles. The number of anilines is 1. The smallest absolute Gasteiger partial charge is 0.339 e. The van der Waals surface area contributed by atoms with Gasteiger partial charge in [0.25, 0.3) is 5.91 Å². The maximum atomic E-state index is 12.6. The van der Waals surface area contributed by atoms with Gasteiger partial charge >= 0.3 is 6.18 Å². The number of alkyl halides is 3. The van der Waals surface area contributed by atoms with Crippen molar-refractivity contribution in [3.63, 3.8) is 0 Å². The van der Waals surface area contributed by atoms with Crippen molar-refractivity contribution in [3.05, 3.63) is 47.7 Å². The Morgan fingerprint density at radius 2 is 2.18 bits per heavy atom. The fraction of sp³-hybridized carbons (Fsp3) is 0.188. The first-order valence-electron chi connectivity index (χ1n) is 7.63. The van der Waals surface area contributed by atoms with E-state index >= 15 is 0 Å². The van der Waals surface area contributed by atoms with E-state index in [1.54, 1.807) is 0 Å². The predicted octanol–water partition coefficient (Wildman–Crippen LogP) is 3.03. The molecule has 28 heavy (non-hydrogen) atoms. The lowest BCUT2D eigenvalue weighted by molar-refractivity contribution is -0.149. The number of hydrogen-bond donors (Lipinski definition) is 4. The van der Waals surface area contributed by atoms with E-state index in [9.17, 15) is 18.0 Å². The van der Waals surface area contributed by atoms with Crippen LogP contribution < -0.4 is 10.6 Å². The van der Waals surface area contributed by atoms with Crippen LogP contribution in [0.25, 0.3) is 5.70 Å². The van der Waals surface area contributed by atoms with Gasteiger partial charge in [0, 0.05) is 6.08 Å². The summed E-state index contributed by atoms with van der Waals surface area (Å²) in [6.07, 6.45) is -2.14. The molecule has 0 saturated heterocycles. The quantitative estimate of drug-likeness (QED) is 0.543. The fourth-order valence-corrected chi connectivity index (χ4v) is 2.04. The number of H-pyrrole nitrogens is 1. The molecule has 0 unspecified atom stereocenters. The van der Waals surface area contributed by atoms with Gasteiger partial charge in [0.05, 0.1) is 11.9 Å². The Bertz CT molecular complexity index is 962. The number of nitrogens with one attached hydrogen (secondary N) is 4. The van der Waals surface area contributed by atoms with Crippen LogP contribution in [0, 0.1) is 16.7 Å². The Labute approximate surface area is 162 Å². The number of allylic oxidation sites excluding steroid dienone is 1. The Morgan fingerprint density at radius 1 is 1.46 bits per heavy atom. The van der Waals surface area contributed by atoms with E-state index in [0.29, 0.717) is 0 Å². The van der Waals surface area contributed by atoms with Gasteiger partial charge in [0.1, 0.15) is 34.5 Å². The third-order valence-corrected chi connectivity index (χ3v) is 3.41. The molecule has 2 aromatic heterocycles. The SMILES string of the molecule is C[C@@H](NC(=O)c1cccc(N/C(=C/C(=N)Cl)c2ncc(C#N)[nH]2)n1)C(F)(F)F. The van der Waals surface area contributed by atoms with Gasteiger partial charge in [-0.05, 0) is 19.1 Å². The molecule has 0 aromatic carbocycles. The Kier molecular flexibility index (Phi) is 6.37. The predicted molar refractivity (Wildman–Crippen MR) is 95.7 cm³/mol. The molecule has 0 fully saturated rings. The van der Waals surface area contributed by atoms with E-state index in [1.165, 1.54) is 30.5 Å². The molecule has 1 amide bonds. The average molecular weight is 412 g/mol. The van der Waals surface area contributed by atoms with E-state index in [2.05, 4.69) is 20.3 Å². The van der Waals surface area contributed by atoms with E-state index in [-0.39, 0.29) is 33.9 Å². The number of nitriles is 1. The summed E-state index contributed by atoms with van der Waals surface area (Å²) < 4.78 is 37.8. The van der Waals surface area contributed by atoms with Crippen LogP contribution in [0.15, 0.2) is 30.5 Å².